The minimum absolute atomic E-state index is 0. The first kappa shape index (κ1) is 12.4. The number of nitrogens with two attached hydrogens (primary N) is 1. The van der Waals surface area contributed by atoms with Crippen molar-refractivity contribution < 1.29 is 5.11 Å². The fourth-order valence-electron chi connectivity index (χ4n) is 1.13. The minimum Gasteiger partial charge on any atom is -0.396 e. The van der Waals surface area contributed by atoms with Crippen LogP contribution in [0.2, 0.25) is 0 Å². The Morgan fingerprint density at radius 2 is 2.38 bits per heavy atom. The average Bonchev–Trinajstić information content (AvgIpc) is 2.47. The first-order chi connectivity index (χ1) is 5.76. The van der Waals surface area contributed by atoms with Gasteiger partial charge in [0.25, 0.3) is 0 Å². The summed E-state index contributed by atoms with van der Waals surface area (Å²) >= 11 is 0. The lowest BCUT2D eigenvalue weighted by molar-refractivity contribution is 0.230. The Kier molecular flexibility index (Phi) is 5.70. The van der Waals surface area contributed by atoms with Crippen molar-refractivity contribution >= 4 is 12.4 Å². The maximum atomic E-state index is 8.89. The zero-order valence-corrected chi connectivity index (χ0v) is 8.50. The average molecular weight is 206 g/mol. The normalized spacial score (nSPS) is 12.2. The van der Waals surface area contributed by atoms with Crippen LogP contribution in [0.5, 0.6) is 0 Å². The lowest BCUT2D eigenvalue weighted by Crippen LogP contribution is -2.20. The highest BCUT2D eigenvalue weighted by atomic mass is 35.5. The van der Waals surface area contributed by atoms with Gasteiger partial charge in [-0.05, 0) is 24.4 Å². The number of aliphatic hydroxyl groups excluding tert-OH is 1. The molecule has 0 amide bonds. The highest BCUT2D eigenvalue weighted by Gasteiger charge is 2.06. The summed E-state index contributed by atoms with van der Waals surface area (Å²) < 4.78 is 1.75. The molecule has 0 aliphatic heterocycles. The summed E-state index contributed by atoms with van der Waals surface area (Å²) in [5.74, 6) is 0.161. The van der Waals surface area contributed by atoms with Crippen molar-refractivity contribution in [2.45, 2.75) is 6.42 Å². The molecular weight excluding hydrogens is 190 g/mol. The van der Waals surface area contributed by atoms with E-state index in [4.69, 9.17) is 10.8 Å². The molecule has 0 saturated heterocycles. The Morgan fingerprint density at radius 3 is 2.77 bits per heavy atom. The van der Waals surface area contributed by atoms with Gasteiger partial charge in [-0.3, -0.25) is 4.68 Å². The summed E-state index contributed by atoms with van der Waals surface area (Å²) in [4.78, 5) is 0. The van der Waals surface area contributed by atoms with E-state index >= 15 is 0 Å². The number of aromatic nitrogens is 2. The van der Waals surface area contributed by atoms with Crippen molar-refractivity contribution in [1.82, 2.24) is 9.78 Å². The van der Waals surface area contributed by atoms with E-state index in [-0.39, 0.29) is 24.9 Å². The van der Waals surface area contributed by atoms with Crippen molar-refractivity contribution in [2.24, 2.45) is 18.7 Å². The molecule has 4 nitrogen and oxygen atoms in total. The lowest BCUT2D eigenvalue weighted by atomic mass is 10.0. The topological polar surface area (TPSA) is 64.1 Å². The smallest absolute Gasteiger partial charge is 0.0521 e. The van der Waals surface area contributed by atoms with Gasteiger partial charge in [0.15, 0.2) is 0 Å². The summed E-state index contributed by atoms with van der Waals surface area (Å²) in [6.07, 6.45) is 4.55. The molecule has 3 N–H and O–H groups in total. The summed E-state index contributed by atoms with van der Waals surface area (Å²) in [7, 11) is 1.87. The van der Waals surface area contributed by atoms with Crippen LogP contribution in [0.25, 0.3) is 0 Å². The van der Waals surface area contributed by atoms with Gasteiger partial charge in [-0.2, -0.15) is 5.10 Å². The van der Waals surface area contributed by atoms with Gasteiger partial charge in [-0.25, -0.2) is 0 Å². The maximum absolute atomic E-state index is 8.89. The van der Waals surface area contributed by atoms with Crippen molar-refractivity contribution in [3.8, 4) is 0 Å². The molecule has 0 bridgehead atoms. The molecule has 0 fully saturated rings. The largest absolute Gasteiger partial charge is 0.396 e. The number of rotatable bonds is 4. The predicted octanol–water partition coefficient (Wildman–Crippen LogP) is -0.0484. The molecule has 1 rings (SSSR count). The van der Waals surface area contributed by atoms with Crippen LogP contribution in [0.3, 0.4) is 0 Å². The second-order valence-electron chi connectivity index (χ2n) is 3.01. The van der Waals surface area contributed by atoms with Crippen LogP contribution >= 0.6 is 12.4 Å². The molecule has 0 spiro atoms. The SMILES string of the molecule is Cl.Cn1cc(CC(CN)CO)cn1. The summed E-state index contributed by atoms with van der Waals surface area (Å²) in [6.45, 7) is 0.663. The van der Waals surface area contributed by atoms with Crippen molar-refractivity contribution in [3.63, 3.8) is 0 Å². The second kappa shape index (κ2) is 5.96. The van der Waals surface area contributed by atoms with E-state index in [1.807, 2.05) is 13.2 Å². The molecule has 5 heteroatoms. The van der Waals surface area contributed by atoms with Gasteiger partial charge in [-0.15, -0.1) is 12.4 Å². The second-order valence-corrected chi connectivity index (χ2v) is 3.01. The molecule has 1 atom stereocenters. The standard InChI is InChI=1S/C8H15N3O.ClH/c1-11-5-8(4-10-11)2-7(3-9)6-12;/h4-5,7,12H,2-3,6,9H2,1H3;1H. The van der Waals surface area contributed by atoms with Gasteiger partial charge in [0.05, 0.1) is 6.20 Å². The highest BCUT2D eigenvalue weighted by Crippen LogP contribution is 2.05. The molecule has 0 saturated carbocycles. The van der Waals surface area contributed by atoms with Crippen LogP contribution in [0.4, 0.5) is 0 Å². The molecule has 1 heterocycles. The predicted molar refractivity (Wildman–Crippen MR) is 53.8 cm³/mol. The number of aryl methyl sites for hydroxylation is 1. The Bertz CT molecular complexity index is 235. The van der Waals surface area contributed by atoms with Gasteiger partial charge < -0.3 is 10.8 Å². The van der Waals surface area contributed by atoms with E-state index in [0.717, 1.165) is 12.0 Å². The van der Waals surface area contributed by atoms with Gasteiger partial charge in [-0.1, -0.05) is 0 Å². The Labute approximate surface area is 84.2 Å². The third kappa shape index (κ3) is 3.76. The van der Waals surface area contributed by atoms with Gasteiger partial charge in [0.2, 0.25) is 0 Å². The van der Waals surface area contributed by atoms with E-state index in [1.54, 1.807) is 10.9 Å². The third-order valence-electron chi connectivity index (χ3n) is 1.87. The number of halogens is 1. The van der Waals surface area contributed by atoms with Crippen LogP contribution < -0.4 is 5.73 Å². The van der Waals surface area contributed by atoms with Crippen molar-refractivity contribution in [1.29, 1.82) is 0 Å². The summed E-state index contributed by atoms with van der Waals surface area (Å²) in [6, 6.07) is 0. The maximum Gasteiger partial charge on any atom is 0.0521 e. The number of nitrogens with zero attached hydrogens (tertiary/aromatic N) is 2. The molecule has 0 aromatic carbocycles. The fraction of sp³-hybridized carbons (Fsp3) is 0.625. The summed E-state index contributed by atoms with van der Waals surface area (Å²) in [5.41, 5.74) is 6.58. The third-order valence-corrected chi connectivity index (χ3v) is 1.87. The zero-order chi connectivity index (χ0) is 8.97. The van der Waals surface area contributed by atoms with Crippen molar-refractivity contribution in [3.05, 3.63) is 18.0 Å². The lowest BCUT2D eigenvalue weighted by Gasteiger charge is -2.08. The van der Waals surface area contributed by atoms with E-state index in [2.05, 4.69) is 5.10 Å². The van der Waals surface area contributed by atoms with Crippen LogP contribution in [0.15, 0.2) is 12.4 Å². The Morgan fingerprint density at radius 1 is 1.69 bits per heavy atom. The molecule has 1 aromatic heterocycles. The van der Waals surface area contributed by atoms with E-state index < -0.39 is 0 Å². The van der Waals surface area contributed by atoms with Crippen LogP contribution in [-0.4, -0.2) is 28.0 Å². The number of aliphatic hydroxyl groups is 1. The van der Waals surface area contributed by atoms with Gasteiger partial charge >= 0.3 is 0 Å². The minimum atomic E-state index is 0. The molecule has 76 valence electrons. The fourth-order valence-corrected chi connectivity index (χ4v) is 1.13. The number of hydrogen-bond donors (Lipinski definition) is 2. The van der Waals surface area contributed by atoms with Crippen LogP contribution in [0, 0.1) is 5.92 Å². The van der Waals surface area contributed by atoms with Crippen LogP contribution in [0.1, 0.15) is 5.56 Å². The first-order valence-electron chi connectivity index (χ1n) is 4.04. The monoisotopic (exact) mass is 205 g/mol. The van der Waals surface area contributed by atoms with Gasteiger partial charge in [0, 0.05) is 19.9 Å². The zero-order valence-electron chi connectivity index (χ0n) is 7.68. The quantitative estimate of drug-likeness (QED) is 0.725. The Hall–Kier alpha value is -0.580. The molecular formula is C8H16ClN3O. The molecule has 1 unspecified atom stereocenters. The molecule has 13 heavy (non-hydrogen) atoms. The molecule has 1 aromatic rings. The first-order valence-corrected chi connectivity index (χ1v) is 4.04. The molecule has 0 aliphatic carbocycles. The van der Waals surface area contributed by atoms with Gasteiger partial charge in [0.1, 0.15) is 0 Å². The Balaban J connectivity index is 0.00000144. The molecule has 0 radical (unpaired) electrons. The molecule has 0 aliphatic rings. The van der Waals surface area contributed by atoms with Crippen LogP contribution in [-0.2, 0) is 13.5 Å². The van der Waals surface area contributed by atoms with E-state index in [9.17, 15) is 0 Å². The highest BCUT2D eigenvalue weighted by molar-refractivity contribution is 5.85. The van der Waals surface area contributed by atoms with Crippen molar-refractivity contribution in [2.75, 3.05) is 13.2 Å². The summed E-state index contributed by atoms with van der Waals surface area (Å²) in [5, 5.41) is 12.9. The number of hydrogen-bond acceptors (Lipinski definition) is 3. The van der Waals surface area contributed by atoms with E-state index in [0.29, 0.717) is 6.54 Å². The van der Waals surface area contributed by atoms with E-state index in [1.165, 1.54) is 0 Å².